The number of aliphatic hydroxyl groups excluding tert-OH is 1. The Bertz CT molecular complexity index is 1970. The van der Waals surface area contributed by atoms with Crippen LogP contribution in [-0.4, -0.2) is 66.0 Å². The van der Waals surface area contributed by atoms with E-state index in [1.165, 1.54) is 6.07 Å². The lowest BCUT2D eigenvalue weighted by atomic mass is 9.57. The first-order valence-electron chi connectivity index (χ1n) is 17.2. The molecule has 0 bridgehead atoms. The van der Waals surface area contributed by atoms with E-state index in [4.69, 9.17) is 23.3 Å². The van der Waals surface area contributed by atoms with Crippen LogP contribution in [0.5, 0.6) is 11.6 Å². The number of hydrogen-bond donors (Lipinski definition) is 2. The number of ether oxygens (including phenoxy) is 1. The number of nitrogens with zero attached hydrogens (tertiary/aromatic N) is 2. The molecule has 0 amide bonds. The minimum atomic E-state index is -2.90. The molecule has 0 aliphatic heterocycles. The standard InChI is InChI=1S/C38H47FN2O7Si.CO2/c1-36(2,3)28-24(39)18-22-16-21-17-23-29(41(7)8)32-27(35(40-47-32)46-19-20-14-12-11-13-15-20)34(45)38(23,48-49(9,10)37(4,5)6)33(44)26(21)30(42)25(22)31(28)43;2-1-3/h11-15,18,21,23,29,42-43H,16-17,19H2,1-10H3;/t21-,23-,29-,38-;/m0./s1. The van der Waals surface area contributed by atoms with Crippen molar-refractivity contribution in [2.24, 2.45) is 11.8 Å². The Morgan fingerprint density at radius 2 is 1.65 bits per heavy atom. The Morgan fingerprint density at radius 3 is 2.21 bits per heavy atom. The van der Waals surface area contributed by atoms with E-state index in [0.29, 0.717) is 5.56 Å². The number of phenols is 1. The summed E-state index contributed by atoms with van der Waals surface area (Å²) in [6, 6.07) is 10.2. The van der Waals surface area contributed by atoms with Crippen LogP contribution < -0.4 is 4.74 Å². The highest BCUT2D eigenvalue weighted by molar-refractivity contribution is 6.74. The SMILES string of the molecule is CN(C)[C@@H]1c2onc(OCc3ccccc3)c2C(=O)[C@@]2(O[Si](C)(C)C(C)(C)C)C(=O)C3=C(O)c4c(cc(F)c(C(C)(C)C)c4O)C[C@H]3C[C@@H]12.O=C=O. The van der Waals surface area contributed by atoms with Crippen LogP contribution in [0.2, 0.25) is 18.1 Å². The second-order valence-electron chi connectivity index (χ2n) is 16.6. The van der Waals surface area contributed by atoms with Gasteiger partial charge in [-0.2, -0.15) is 9.59 Å². The molecule has 0 radical (unpaired) electrons. The summed E-state index contributed by atoms with van der Waals surface area (Å²) in [4.78, 5) is 48.8. The third-order valence-corrected chi connectivity index (χ3v) is 15.4. The number of aliphatic hydroxyl groups is 1. The lowest BCUT2D eigenvalue weighted by Gasteiger charge is -2.55. The van der Waals surface area contributed by atoms with E-state index >= 15 is 14.0 Å². The molecular formula is C39H47FN2O9Si. The maximum absolute atomic E-state index is 15.5. The van der Waals surface area contributed by atoms with E-state index in [0.717, 1.165) is 5.56 Å². The molecule has 3 aliphatic rings. The van der Waals surface area contributed by atoms with Gasteiger partial charge in [0.2, 0.25) is 11.6 Å². The molecule has 2 aromatic carbocycles. The van der Waals surface area contributed by atoms with E-state index in [1.807, 2.05) is 83.2 Å². The monoisotopic (exact) mass is 734 g/mol. The molecule has 1 saturated carbocycles. The third-order valence-electron chi connectivity index (χ3n) is 11.0. The Hall–Kier alpha value is -4.42. The quantitative estimate of drug-likeness (QED) is 0.197. The molecule has 4 atom stereocenters. The Labute approximate surface area is 303 Å². The number of aromatic nitrogens is 1. The molecular weight excluding hydrogens is 688 g/mol. The Morgan fingerprint density at radius 1 is 1.04 bits per heavy atom. The smallest absolute Gasteiger partial charge is 0.373 e. The molecule has 13 heteroatoms. The molecule has 3 aliphatic carbocycles. The van der Waals surface area contributed by atoms with Crippen LogP contribution in [0.25, 0.3) is 5.76 Å². The zero-order valence-corrected chi connectivity index (χ0v) is 32.3. The second kappa shape index (κ2) is 13.5. The molecule has 52 heavy (non-hydrogen) atoms. The summed E-state index contributed by atoms with van der Waals surface area (Å²) >= 11 is 0. The molecule has 11 nitrogen and oxygen atoms in total. The average Bonchev–Trinajstić information content (AvgIpc) is 3.44. The van der Waals surface area contributed by atoms with E-state index in [-0.39, 0.29) is 59.5 Å². The first-order chi connectivity index (χ1) is 24.1. The molecule has 0 saturated heterocycles. The number of benzene rings is 2. The van der Waals surface area contributed by atoms with Crippen molar-refractivity contribution in [2.45, 2.75) is 96.2 Å². The van der Waals surface area contributed by atoms with Crippen LogP contribution in [0.4, 0.5) is 4.39 Å². The van der Waals surface area contributed by atoms with Gasteiger partial charge in [-0.1, -0.05) is 71.9 Å². The molecule has 3 aromatic rings. The van der Waals surface area contributed by atoms with Gasteiger partial charge in [-0.15, -0.1) is 0 Å². The van der Waals surface area contributed by atoms with E-state index < -0.39 is 71.1 Å². The van der Waals surface area contributed by atoms with Crippen molar-refractivity contribution in [2.75, 3.05) is 14.1 Å². The van der Waals surface area contributed by atoms with E-state index in [2.05, 4.69) is 5.16 Å². The molecule has 1 heterocycles. The van der Waals surface area contributed by atoms with Crippen molar-refractivity contribution < 1.29 is 47.5 Å². The predicted molar refractivity (Wildman–Crippen MR) is 191 cm³/mol. The number of hydrogen-bond acceptors (Lipinski definition) is 11. The van der Waals surface area contributed by atoms with Gasteiger partial charge in [0.15, 0.2) is 19.7 Å². The maximum atomic E-state index is 15.5. The van der Waals surface area contributed by atoms with Gasteiger partial charge in [0, 0.05) is 17.1 Å². The summed E-state index contributed by atoms with van der Waals surface area (Å²) in [5.74, 6) is -3.75. The number of aromatic hydroxyl groups is 1. The maximum Gasteiger partial charge on any atom is 0.373 e. The van der Waals surface area contributed by atoms with Crippen molar-refractivity contribution in [3.63, 3.8) is 0 Å². The Balaban J connectivity index is 0.00000168. The summed E-state index contributed by atoms with van der Waals surface area (Å²) < 4.78 is 34.6. The lowest BCUT2D eigenvalue weighted by Crippen LogP contribution is -2.68. The summed E-state index contributed by atoms with van der Waals surface area (Å²) in [5, 5.41) is 27.3. The van der Waals surface area contributed by atoms with Crippen LogP contribution in [-0.2, 0) is 37.3 Å². The van der Waals surface area contributed by atoms with Crippen LogP contribution >= 0.6 is 0 Å². The first kappa shape index (κ1) is 38.8. The van der Waals surface area contributed by atoms with Crippen molar-refractivity contribution >= 4 is 31.8 Å². The molecule has 6 rings (SSSR count). The number of Topliss-reactive ketones (excluding diaryl/α,β-unsaturated/α-hetero) is 2. The fraction of sp³-hybridized carbons (Fsp3) is 0.487. The number of carbonyl (C=O) groups is 2. The summed E-state index contributed by atoms with van der Waals surface area (Å²) in [6.07, 6.45) is 0.683. The summed E-state index contributed by atoms with van der Waals surface area (Å²) in [7, 11) is 0.788. The van der Waals surface area contributed by atoms with Crippen molar-refractivity contribution in [3.8, 4) is 11.6 Å². The highest BCUT2D eigenvalue weighted by atomic mass is 28.4. The minimum absolute atomic E-state index is 0.0155. The van der Waals surface area contributed by atoms with Crippen LogP contribution in [0.3, 0.4) is 0 Å². The molecule has 1 aromatic heterocycles. The van der Waals surface area contributed by atoms with Crippen molar-refractivity contribution in [3.05, 3.63) is 81.4 Å². The first-order valence-corrected chi connectivity index (χ1v) is 20.1. The summed E-state index contributed by atoms with van der Waals surface area (Å²) in [6.45, 7) is 15.5. The number of phenolic OH excluding ortho intramolecular Hbond substituents is 1. The number of rotatable bonds is 6. The van der Waals surface area contributed by atoms with E-state index in [9.17, 15) is 10.2 Å². The van der Waals surface area contributed by atoms with Gasteiger partial charge < -0.3 is 23.9 Å². The normalized spacial score (nSPS) is 22.8. The van der Waals surface area contributed by atoms with Gasteiger partial charge in [-0.25, -0.2) is 4.39 Å². The van der Waals surface area contributed by atoms with Gasteiger partial charge in [-0.3, -0.25) is 14.5 Å². The molecule has 0 spiro atoms. The zero-order chi connectivity index (χ0) is 38.7. The number of fused-ring (bicyclic) bond motifs is 4. The molecule has 1 fully saturated rings. The number of ketones is 2. The Kier molecular flexibility index (Phi) is 10.1. The summed E-state index contributed by atoms with van der Waals surface area (Å²) in [5.41, 5.74) is -1.46. The van der Waals surface area contributed by atoms with Gasteiger partial charge in [0.1, 0.15) is 29.5 Å². The second-order valence-corrected chi connectivity index (χ2v) is 21.3. The molecule has 0 unspecified atom stereocenters. The largest absolute Gasteiger partial charge is 0.507 e. The molecule has 278 valence electrons. The third kappa shape index (κ3) is 6.23. The topological polar surface area (TPSA) is 156 Å². The fourth-order valence-corrected chi connectivity index (χ4v) is 9.14. The highest BCUT2D eigenvalue weighted by Crippen LogP contribution is 2.59. The fourth-order valence-electron chi connectivity index (χ4n) is 7.69. The van der Waals surface area contributed by atoms with Crippen molar-refractivity contribution in [1.29, 1.82) is 0 Å². The van der Waals surface area contributed by atoms with Gasteiger partial charge >= 0.3 is 6.15 Å². The zero-order valence-electron chi connectivity index (χ0n) is 31.3. The van der Waals surface area contributed by atoms with Gasteiger partial charge in [-0.05, 0) is 78.8 Å². The van der Waals surface area contributed by atoms with Gasteiger partial charge in [0.05, 0.1) is 11.6 Å². The molecule has 2 N–H and O–H groups in total. The van der Waals surface area contributed by atoms with Crippen LogP contribution in [0.15, 0.2) is 46.5 Å². The lowest BCUT2D eigenvalue weighted by molar-refractivity contribution is -0.191. The minimum Gasteiger partial charge on any atom is -0.507 e. The predicted octanol–water partition coefficient (Wildman–Crippen LogP) is 7.10. The average molecular weight is 735 g/mol. The number of carbonyl (C=O) groups excluding carboxylic acids is 4. The van der Waals surface area contributed by atoms with Crippen molar-refractivity contribution in [1.82, 2.24) is 10.1 Å². The van der Waals surface area contributed by atoms with Crippen LogP contribution in [0.1, 0.15) is 92.4 Å². The van der Waals surface area contributed by atoms with E-state index in [1.54, 1.807) is 20.8 Å². The van der Waals surface area contributed by atoms with Crippen LogP contribution in [0, 0.1) is 17.7 Å². The highest BCUT2D eigenvalue weighted by Gasteiger charge is 2.69. The van der Waals surface area contributed by atoms with Gasteiger partial charge in [0.25, 0.3) is 5.88 Å². The number of halogens is 1.